The molecule has 0 bridgehead atoms. The van der Waals surface area contributed by atoms with Gasteiger partial charge in [0.05, 0.1) is 28.4 Å². The fraction of sp³-hybridized carbons (Fsp3) is 0.432. The average molecular weight is 817 g/mol. The molecule has 0 saturated heterocycles. The summed E-state index contributed by atoms with van der Waals surface area (Å²) in [6, 6.07) is 26.7. The number of aryl methyl sites for hydroxylation is 1. The molecule has 0 spiro atoms. The van der Waals surface area contributed by atoms with Crippen molar-refractivity contribution in [3.63, 3.8) is 0 Å². The molecule has 1 aliphatic carbocycles. The van der Waals surface area contributed by atoms with Crippen LogP contribution in [0.5, 0.6) is 0 Å². The third-order valence-electron chi connectivity index (χ3n) is 11.1. The molecule has 3 aromatic carbocycles. The number of nitrogens with one attached hydrogen (secondary N) is 1. The Kier molecular flexibility index (Phi) is 12.8. The second-order valence-corrected chi connectivity index (χ2v) is 22.9. The van der Waals surface area contributed by atoms with Crippen LogP contribution in [-0.2, 0) is 19.0 Å². The van der Waals surface area contributed by atoms with Gasteiger partial charge in [0.1, 0.15) is 5.65 Å². The molecule has 6 rings (SSSR count). The first-order chi connectivity index (χ1) is 27.1. The van der Waals surface area contributed by atoms with E-state index in [9.17, 15) is 22.0 Å². The number of benzene rings is 3. The molecule has 0 amide bonds. The molecule has 13 heteroatoms. The third-order valence-corrected chi connectivity index (χ3v) is 17.8. The van der Waals surface area contributed by atoms with E-state index in [1.54, 1.807) is 39.0 Å². The van der Waals surface area contributed by atoms with Gasteiger partial charge in [0.15, 0.2) is 9.84 Å². The van der Waals surface area contributed by atoms with Crippen LogP contribution in [0.2, 0.25) is 5.04 Å². The highest BCUT2D eigenvalue weighted by molar-refractivity contribution is 7.91. The summed E-state index contributed by atoms with van der Waals surface area (Å²) >= 11 is 0. The zero-order valence-corrected chi connectivity index (χ0v) is 35.5. The van der Waals surface area contributed by atoms with E-state index < -0.39 is 47.3 Å². The van der Waals surface area contributed by atoms with Gasteiger partial charge in [-0.05, 0) is 85.3 Å². The lowest BCUT2D eigenvalue weighted by molar-refractivity contribution is -0.0963. The molecule has 0 aliphatic heterocycles. The van der Waals surface area contributed by atoms with Crippen LogP contribution in [0.15, 0.2) is 101 Å². The summed E-state index contributed by atoms with van der Waals surface area (Å²) in [5.74, 6) is 0.0685. The topological polar surface area (TPSA) is 112 Å². The van der Waals surface area contributed by atoms with Gasteiger partial charge in [-0.1, -0.05) is 101 Å². The van der Waals surface area contributed by atoms with E-state index in [2.05, 4.69) is 84.6 Å². The van der Waals surface area contributed by atoms with Crippen molar-refractivity contribution >= 4 is 51.2 Å². The monoisotopic (exact) mass is 816 g/mol. The number of hydrogen-bond acceptors (Lipinski definition) is 8. The van der Waals surface area contributed by atoms with Gasteiger partial charge in [0.25, 0.3) is 20.3 Å². The van der Waals surface area contributed by atoms with Gasteiger partial charge in [0, 0.05) is 29.9 Å². The highest BCUT2D eigenvalue weighted by atomic mass is 32.2. The summed E-state index contributed by atoms with van der Waals surface area (Å²) in [4.78, 5) is 21.8. The minimum absolute atomic E-state index is 0.0774. The number of nitrogens with zero attached hydrogens (tertiary/aromatic N) is 3. The van der Waals surface area contributed by atoms with E-state index in [0.29, 0.717) is 36.3 Å². The lowest BCUT2D eigenvalue weighted by Gasteiger charge is -2.46. The maximum absolute atomic E-state index is 13.6. The van der Waals surface area contributed by atoms with Crippen molar-refractivity contribution in [2.45, 2.75) is 108 Å². The van der Waals surface area contributed by atoms with Crippen molar-refractivity contribution in [3.8, 4) is 0 Å². The first-order valence-electron chi connectivity index (χ1n) is 19.8. The lowest BCUT2D eigenvalue weighted by Crippen LogP contribution is -2.67. The molecule has 9 nitrogen and oxygen atoms in total. The van der Waals surface area contributed by atoms with Gasteiger partial charge in [-0.2, -0.15) is 4.98 Å². The van der Waals surface area contributed by atoms with Crippen molar-refractivity contribution in [1.82, 2.24) is 14.5 Å². The minimum Gasteiger partial charge on any atom is -0.404 e. The molecule has 5 aromatic rings. The normalized spacial score (nSPS) is 15.1. The van der Waals surface area contributed by atoms with Crippen LogP contribution in [-0.4, -0.2) is 55.8 Å². The van der Waals surface area contributed by atoms with Crippen LogP contribution in [0.3, 0.4) is 0 Å². The number of alkyl halides is 2. The molecule has 0 atom stereocenters. The Bertz CT molecular complexity index is 2290. The van der Waals surface area contributed by atoms with Crippen molar-refractivity contribution in [1.29, 1.82) is 0 Å². The Morgan fingerprint density at radius 3 is 2.12 bits per heavy atom. The zero-order chi connectivity index (χ0) is 41.0. The summed E-state index contributed by atoms with van der Waals surface area (Å²) in [6.45, 7) is 12.8. The number of pyridine rings is 1. The molecule has 0 unspecified atom stereocenters. The number of ether oxygens (including phenoxy) is 1. The van der Waals surface area contributed by atoms with Crippen molar-refractivity contribution in [3.05, 3.63) is 113 Å². The predicted octanol–water partition coefficient (Wildman–Crippen LogP) is 8.82. The van der Waals surface area contributed by atoms with E-state index in [4.69, 9.17) is 9.16 Å². The fourth-order valence-electron chi connectivity index (χ4n) is 8.11. The fourth-order valence-corrected chi connectivity index (χ4v) is 14.1. The van der Waals surface area contributed by atoms with Gasteiger partial charge < -0.3 is 14.5 Å². The molecule has 2 heterocycles. The van der Waals surface area contributed by atoms with Gasteiger partial charge in [0.2, 0.25) is 5.95 Å². The number of hydrogen-bond donors (Lipinski definition) is 1. The first-order valence-corrected chi connectivity index (χ1v) is 23.3. The van der Waals surface area contributed by atoms with Gasteiger partial charge in [-0.3, -0.25) is 9.36 Å². The third kappa shape index (κ3) is 9.06. The van der Waals surface area contributed by atoms with Crippen LogP contribution in [0.25, 0.3) is 11.0 Å². The molecule has 1 fully saturated rings. The predicted molar refractivity (Wildman–Crippen MR) is 226 cm³/mol. The molecule has 304 valence electrons. The summed E-state index contributed by atoms with van der Waals surface area (Å²) in [6.07, 6.45) is 3.72. The maximum Gasteiger partial charge on any atom is 0.269 e. The molecular weight excluding hydrogens is 763 g/mol. The van der Waals surface area contributed by atoms with Gasteiger partial charge in [-0.25, -0.2) is 22.2 Å². The summed E-state index contributed by atoms with van der Waals surface area (Å²) in [5, 5.41) is 5.67. The van der Waals surface area contributed by atoms with E-state index >= 15 is 0 Å². The molecule has 2 aromatic heterocycles. The van der Waals surface area contributed by atoms with E-state index in [1.165, 1.54) is 21.1 Å². The van der Waals surface area contributed by atoms with Crippen LogP contribution >= 0.6 is 0 Å². The molecule has 1 saturated carbocycles. The number of anilines is 2. The first kappa shape index (κ1) is 42.3. The van der Waals surface area contributed by atoms with Gasteiger partial charge >= 0.3 is 0 Å². The quantitative estimate of drug-likeness (QED) is 0.0825. The van der Waals surface area contributed by atoms with E-state index in [0.717, 1.165) is 38.2 Å². The van der Waals surface area contributed by atoms with Crippen molar-refractivity contribution in [2.75, 3.05) is 24.3 Å². The number of rotatable bonds is 15. The van der Waals surface area contributed by atoms with Crippen LogP contribution < -0.4 is 21.2 Å². The largest absolute Gasteiger partial charge is 0.404 e. The van der Waals surface area contributed by atoms with Crippen molar-refractivity contribution < 1.29 is 26.4 Å². The Morgan fingerprint density at radius 2 is 1.56 bits per heavy atom. The van der Waals surface area contributed by atoms with Crippen LogP contribution in [0, 0.1) is 6.92 Å². The van der Waals surface area contributed by atoms with Gasteiger partial charge in [-0.15, -0.1) is 0 Å². The van der Waals surface area contributed by atoms with Crippen LogP contribution in [0.1, 0.15) is 96.7 Å². The molecule has 1 aliphatic rings. The lowest BCUT2D eigenvalue weighted by atomic mass is 9.85. The average Bonchev–Trinajstić information content (AvgIpc) is 3.18. The molecule has 0 radical (unpaired) electrons. The SMILES string of the molecule is Cc1cc(S(=O)(=O)CCCOC2(CO[Si](c3ccccc3)(c3ccccc3)C(C)(C)C)CCCCC2)ccc1Nc1ncc2cc(C(F)F)c(=O)n(C(C)C)c2n1. The van der Waals surface area contributed by atoms with Crippen molar-refractivity contribution in [2.24, 2.45) is 0 Å². The second kappa shape index (κ2) is 17.3. The number of halogens is 2. The minimum atomic E-state index is -3.64. The Morgan fingerprint density at radius 1 is 0.930 bits per heavy atom. The number of aromatic nitrogens is 3. The Hall–Kier alpha value is -4.30. The second-order valence-electron chi connectivity index (χ2n) is 16.5. The van der Waals surface area contributed by atoms with E-state index in [-0.39, 0.29) is 27.3 Å². The summed E-state index contributed by atoms with van der Waals surface area (Å²) in [5.41, 5.74) is -0.468. The zero-order valence-electron chi connectivity index (χ0n) is 33.7. The van der Waals surface area contributed by atoms with Crippen LogP contribution in [0.4, 0.5) is 20.4 Å². The molecule has 57 heavy (non-hydrogen) atoms. The van der Waals surface area contributed by atoms with E-state index in [1.807, 2.05) is 12.1 Å². The molecule has 1 N–H and O–H groups in total. The maximum atomic E-state index is 13.6. The standard InChI is InChI=1S/C44H54F2N4O5SSi/c1-31(2)50-40-33(28-37(39(45)46)41(50)51)29-47-42(49-40)48-38-22-21-34(27-32(38)3)56(52,53)26-16-25-54-44(23-14-9-15-24-44)30-55-57(43(4,5)6,35-17-10-7-11-18-35)36-19-12-8-13-20-36/h7-8,10-13,17-22,27-29,31,39H,9,14-16,23-26,30H2,1-6H3,(H,47,48,49). The highest BCUT2D eigenvalue weighted by Crippen LogP contribution is 2.40. The highest BCUT2D eigenvalue weighted by Gasteiger charge is 2.51. The summed E-state index contributed by atoms with van der Waals surface area (Å²) < 4.78 is 69.7. The smallest absolute Gasteiger partial charge is 0.269 e. The summed E-state index contributed by atoms with van der Waals surface area (Å²) in [7, 11) is -6.44. The Labute approximate surface area is 335 Å². The Balaban J connectivity index is 1.14. The number of sulfone groups is 1. The number of fused-ring (bicyclic) bond motifs is 1. The molecular formula is C44H54F2N4O5SSi.